The molecule has 1 aliphatic heterocycles. The lowest BCUT2D eigenvalue weighted by Crippen LogP contribution is -2.25. The molecule has 5 nitrogen and oxygen atoms in total. The number of hydrogen-bond donors (Lipinski definition) is 1. The third kappa shape index (κ3) is 5.34. The molecule has 0 unspecified atom stereocenters. The molecule has 0 fully saturated rings. The second-order valence-electron chi connectivity index (χ2n) is 6.64. The van der Waals surface area contributed by atoms with E-state index in [-0.39, 0.29) is 11.7 Å². The van der Waals surface area contributed by atoms with Crippen LogP contribution in [-0.4, -0.2) is 27.4 Å². The van der Waals surface area contributed by atoms with Gasteiger partial charge in [0.1, 0.15) is 0 Å². The molecular weight excluding hydrogens is 416 g/mol. The predicted octanol–water partition coefficient (Wildman–Crippen LogP) is 5.34. The lowest BCUT2D eigenvalue weighted by Gasteiger charge is -2.08. The van der Waals surface area contributed by atoms with Gasteiger partial charge in [-0.25, -0.2) is 9.98 Å². The molecule has 0 radical (unpaired) electrons. The molecule has 1 N–H and O–H groups in total. The van der Waals surface area contributed by atoms with Crippen molar-refractivity contribution < 1.29 is 4.79 Å². The Balaban J connectivity index is 1.44. The minimum absolute atomic E-state index is 0.0495. The number of aromatic nitrogens is 1. The summed E-state index contributed by atoms with van der Waals surface area (Å²) in [4.78, 5) is 26.3. The van der Waals surface area contributed by atoms with Crippen LogP contribution < -0.4 is 5.32 Å². The van der Waals surface area contributed by atoms with Crippen LogP contribution in [0.1, 0.15) is 17.7 Å². The van der Waals surface area contributed by atoms with Crippen molar-refractivity contribution in [1.82, 2.24) is 10.3 Å². The number of fused-ring (bicyclic) bond motifs is 1. The van der Waals surface area contributed by atoms with E-state index < -0.39 is 0 Å². The summed E-state index contributed by atoms with van der Waals surface area (Å²) in [5, 5.41) is 4.45. The summed E-state index contributed by atoms with van der Waals surface area (Å²) in [7, 11) is 0. The van der Waals surface area contributed by atoms with Crippen molar-refractivity contribution in [2.75, 3.05) is 5.75 Å². The van der Waals surface area contributed by atoms with Crippen LogP contribution in [0.5, 0.6) is 0 Å². The number of carbonyl (C=O) groups excluding carboxylic acids is 1. The van der Waals surface area contributed by atoms with Crippen molar-refractivity contribution in [2.45, 2.75) is 13.0 Å². The quantitative estimate of drug-likeness (QED) is 0.589. The van der Waals surface area contributed by atoms with E-state index in [0.717, 1.165) is 33.4 Å². The van der Waals surface area contributed by atoms with E-state index in [9.17, 15) is 4.79 Å². The minimum atomic E-state index is -0.0495. The third-order valence-electron chi connectivity index (χ3n) is 4.43. The highest BCUT2D eigenvalue weighted by atomic mass is 35.5. The Kier molecular flexibility index (Phi) is 6.57. The second-order valence-corrected chi connectivity index (χ2v) is 8.12. The first-order valence-electron chi connectivity index (χ1n) is 9.47. The van der Waals surface area contributed by atoms with Gasteiger partial charge in [-0.3, -0.25) is 9.78 Å². The highest BCUT2D eigenvalue weighted by Gasteiger charge is 2.17. The molecular formula is C23H19ClN4OS. The van der Waals surface area contributed by atoms with Crippen molar-refractivity contribution >= 4 is 51.4 Å². The van der Waals surface area contributed by atoms with Gasteiger partial charge in [0.15, 0.2) is 0 Å². The van der Waals surface area contributed by atoms with Gasteiger partial charge in [0, 0.05) is 24.2 Å². The van der Waals surface area contributed by atoms with E-state index >= 15 is 0 Å². The van der Waals surface area contributed by atoms with Crippen LogP contribution in [0, 0.1) is 0 Å². The number of rotatable bonds is 5. The van der Waals surface area contributed by atoms with E-state index in [4.69, 9.17) is 21.6 Å². The average Bonchev–Trinajstić information content (AvgIpc) is 2.97. The number of carbonyl (C=O) groups is 1. The lowest BCUT2D eigenvalue weighted by atomic mass is 10.2. The Labute approximate surface area is 184 Å². The highest BCUT2D eigenvalue weighted by Crippen LogP contribution is 2.33. The summed E-state index contributed by atoms with van der Waals surface area (Å²) in [6, 6.07) is 20.9. The standard InChI is InChI=1S/C23H19ClN4OS/c24-17-10-8-16(9-11-17)14-26-22(29)15-30-23-13-21(18-5-3-4-12-25-18)27-19-6-1-2-7-20(19)28-23/h1-12H,13-15H2,(H,26,29). The fourth-order valence-corrected chi connectivity index (χ4v) is 3.85. The van der Waals surface area contributed by atoms with Crippen molar-refractivity contribution in [1.29, 1.82) is 0 Å². The molecule has 1 amide bonds. The molecule has 0 saturated heterocycles. The number of benzene rings is 2. The molecule has 2 heterocycles. The zero-order valence-electron chi connectivity index (χ0n) is 16.1. The Hall–Kier alpha value is -2.96. The fraction of sp³-hybridized carbons (Fsp3) is 0.130. The zero-order chi connectivity index (χ0) is 20.8. The largest absolute Gasteiger partial charge is 0.351 e. The number of thioether (sulfide) groups is 1. The van der Waals surface area contributed by atoms with Crippen LogP contribution in [0.25, 0.3) is 0 Å². The molecule has 4 rings (SSSR count). The van der Waals surface area contributed by atoms with Crippen molar-refractivity contribution in [2.24, 2.45) is 9.98 Å². The molecule has 2 aromatic carbocycles. The SMILES string of the molecule is O=C(CSC1=Nc2ccccc2N=C(c2ccccn2)C1)NCc1ccc(Cl)cc1. The Bertz CT molecular complexity index is 1100. The lowest BCUT2D eigenvalue weighted by molar-refractivity contribution is -0.118. The van der Waals surface area contributed by atoms with Crippen LogP contribution in [0.15, 0.2) is 82.9 Å². The normalized spacial score (nSPS) is 13.0. The van der Waals surface area contributed by atoms with Crippen molar-refractivity contribution in [3.05, 3.63) is 89.2 Å². The molecule has 0 aliphatic carbocycles. The molecule has 1 aliphatic rings. The highest BCUT2D eigenvalue weighted by molar-refractivity contribution is 8.14. The summed E-state index contributed by atoms with van der Waals surface area (Å²) in [5.41, 5.74) is 4.26. The van der Waals surface area contributed by atoms with Gasteiger partial charge < -0.3 is 5.32 Å². The number of aliphatic imine (C=N–C) groups is 2. The van der Waals surface area contributed by atoms with E-state index in [1.807, 2.05) is 66.7 Å². The topological polar surface area (TPSA) is 66.7 Å². The van der Waals surface area contributed by atoms with Gasteiger partial charge in [-0.2, -0.15) is 0 Å². The van der Waals surface area contributed by atoms with Gasteiger partial charge >= 0.3 is 0 Å². The molecule has 0 saturated carbocycles. The molecule has 3 aromatic rings. The van der Waals surface area contributed by atoms with Crippen LogP contribution in [0.3, 0.4) is 0 Å². The van der Waals surface area contributed by atoms with E-state index in [1.54, 1.807) is 6.20 Å². The molecule has 150 valence electrons. The van der Waals surface area contributed by atoms with Gasteiger partial charge in [0.2, 0.25) is 5.91 Å². The van der Waals surface area contributed by atoms with Crippen molar-refractivity contribution in [3.63, 3.8) is 0 Å². The van der Waals surface area contributed by atoms with E-state index in [0.29, 0.717) is 18.0 Å². The maximum atomic E-state index is 12.4. The van der Waals surface area contributed by atoms with Gasteiger partial charge in [-0.15, -0.1) is 11.8 Å². The first-order chi connectivity index (χ1) is 14.7. The Morgan fingerprint density at radius 2 is 1.70 bits per heavy atom. The van der Waals surface area contributed by atoms with Gasteiger partial charge in [0.05, 0.1) is 33.6 Å². The summed E-state index contributed by atoms with van der Waals surface area (Å²) in [5.74, 6) is 0.232. The van der Waals surface area contributed by atoms with Crippen molar-refractivity contribution in [3.8, 4) is 0 Å². The third-order valence-corrected chi connectivity index (χ3v) is 5.66. The van der Waals surface area contributed by atoms with Gasteiger partial charge in [0.25, 0.3) is 0 Å². The monoisotopic (exact) mass is 434 g/mol. The second kappa shape index (κ2) is 9.69. The Morgan fingerprint density at radius 3 is 2.43 bits per heavy atom. The molecule has 1 aromatic heterocycles. The molecule has 0 spiro atoms. The number of para-hydroxylation sites is 2. The summed E-state index contributed by atoms with van der Waals surface area (Å²) in [6.07, 6.45) is 2.28. The van der Waals surface area contributed by atoms with E-state index in [2.05, 4.69) is 10.3 Å². The van der Waals surface area contributed by atoms with Crippen LogP contribution in [0.4, 0.5) is 11.4 Å². The predicted molar refractivity (Wildman–Crippen MR) is 124 cm³/mol. The molecule has 7 heteroatoms. The number of hydrogen-bond acceptors (Lipinski definition) is 5. The Morgan fingerprint density at radius 1 is 0.967 bits per heavy atom. The fourth-order valence-electron chi connectivity index (χ4n) is 2.92. The van der Waals surface area contributed by atoms with Crippen LogP contribution in [0.2, 0.25) is 5.02 Å². The first-order valence-corrected chi connectivity index (χ1v) is 10.8. The smallest absolute Gasteiger partial charge is 0.230 e. The summed E-state index contributed by atoms with van der Waals surface area (Å²) in [6.45, 7) is 0.465. The molecule has 30 heavy (non-hydrogen) atoms. The summed E-state index contributed by atoms with van der Waals surface area (Å²) >= 11 is 7.32. The number of pyridine rings is 1. The number of nitrogens with zero attached hydrogens (tertiary/aromatic N) is 3. The maximum Gasteiger partial charge on any atom is 0.230 e. The summed E-state index contributed by atoms with van der Waals surface area (Å²) < 4.78 is 0. The van der Waals surface area contributed by atoms with Crippen LogP contribution in [-0.2, 0) is 11.3 Å². The number of nitrogens with one attached hydrogen (secondary N) is 1. The first kappa shape index (κ1) is 20.3. The van der Waals surface area contributed by atoms with Crippen LogP contribution >= 0.6 is 23.4 Å². The van der Waals surface area contributed by atoms with Gasteiger partial charge in [-0.05, 0) is 42.0 Å². The maximum absolute atomic E-state index is 12.4. The average molecular weight is 435 g/mol. The molecule has 0 atom stereocenters. The number of halogens is 1. The van der Waals surface area contributed by atoms with Gasteiger partial charge in [-0.1, -0.05) is 41.9 Å². The zero-order valence-corrected chi connectivity index (χ0v) is 17.7. The molecule has 0 bridgehead atoms. The number of amides is 1. The van der Waals surface area contributed by atoms with E-state index in [1.165, 1.54) is 11.8 Å². The minimum Gasteiger partial charge on any atom is -0.351 e.